The zero-order valence-corrected chi connectivity index (χ0v) is 8.66. The van der Waals surface area contributed by atoms with Gasteiger partial charge in [-0.05, 0) is 24.6 Å². The molecule has 1 spiro atoms. The molecule has 1 saturated heterocycles. The molecule has 3 rings (SSSR count). The zero-order valence-electron chi connectivity index (χ0n) is 7.90. The Kier molecular flexibility index (Phi) is 1.87. The van der Waals surface area contributed by atoms with Crippen molar-refractivity contribution in [2.24, 2.45) is 0 Å². The Morgan fingerprint density at radius 3 is 3.14 bits per heavy atom. The van der Waals surface area contributed by atoms with Crippen molar-refractivity contribution in [3.63, 3.8) is 0 Å². The molecule has 0 amide bonds. The molecular weight excluding hydrogens is 200 g/mol. The smallest absolute Gasteiger partial charge is 0.193 e. The molecule has 3 heterocycles. The fourth-order valence-electron chi connectivity index (χ4n) is 2.57. The first-order chi connectivity index (χ1) is 6.80. The minimum Gasteiger partial charge on any atom is -0.449 e. The van der Waals surface area contributed by atoms with Gasteiger partial charge in [0.05, 0.1) is 5.54 Å². The minimum atomic E-state index is 0.0875. The van der Waals surface area contributed by atoms with Gasteiger partial charge < -0.3 is 15.1 Å². The average Bonchev–Trinajstić information content (AvgIpc) is 2.74. The van der Waals surface area contributed by atoms with E-state index in [2.05, 4.69) is 10.6 Å². The molecular formula is C10H13ClN2O. The van der Waals surface area contributed by atoms with Gasteiger partial charge in [0.2, 0.25) is 0 Å². The van der Waals surface area contributed by atoms with E-state index in [1.54, 1.807) is 0 Å². The predicted molar refractivity (Wildman–Crippen MR) is 54.6 cm³/mol. The van der Waals surface area contributed by atoms with Gasteiger partial charge >= 0.3 is 0 Å². The molecule has 1 fully saturated rings. The largest absolute Gasteiger partial charge is 0.449 e. The highest BCUT2D eigenvalue weighted by Gasteiger charge is 2.40. The SMILES string of the molecule is Clc1cc2c(o1)CCNC21CCNC1. The van der Waals surface area contributed by atoms with Gasteiger partial charge in [0.15, 0.2) is 5.22 Å². The van der Waals surface area contributed by atoms with E-state index in [4.69, 9.17) is 16.0 Å². The first-order valence-electron chi connectivity index (χ1n) is 5.05. The van der Waals surface area contributed by atoms with Crippen LogP contribution in [0.15, 0.2) is 10.5 Å². The van der Waals surface area contributed by atoms with Crippen molar-refractivity contribution in [2.45, 2.75) is 18.4 Å². The van der Waals surface area contributed by atoms with E-state index in [1.807, 2.05) is 6.07 Å². The monoisotopic (exact) mass is 212 g/mol. The topological polar surface area (TPSA) is 37.2 Å². The fraction of sp³-hybridized carbons (Fsp3) is 0.600. The normalized spacial score (nSPS) is 30.9. The Labute approximate surface area is 87.8 Å². The molecule has 0 aliphatic carbocycles. The van der Waals surface area contributed by atoms with Crippen LogP contribution >= 0.6 is 11.6 Å². The fourth-order valence-corrected chi connectivity index (χ4v) is 2.77. The summed E-state index contributed by atoms with van der Waals surface area (Å²) in [4.78, 5) is 0. The number of hydrogen-bond donors (Lipinski definition) is 2. The van der Waals surface area contributed by atoms with E-state index in [0.717, 1.165) is 38.2 Å². The minimum absolute atomic E-state index is 0.0875. The van der Waals surface area contributed by atoms with Crippen LogP contribution in [0.4, 0.5) is 0 Å². The van der Waals surface area contributed by atoms with Gasteiger partial charge in [-0.3, -0.25) is 0 Å². The van der Waals surface area contributed by atoms with Crippen molar-refractivity contribution in [2.75, 3.05) is 19.6 Å². The van der Waals surface area contributed by atoms with Crippen molar-refractivity contribution >= 4 is 11.6 Å². The number of hydrogen-bond acceptors (Lipinski definition) is 3. The molecule has 2 N–H and O–H groups in total. The Morgan fingerprint density at radius 1 is 1.43 bits per heavy atom. The van der Waals surface area contributed by atoms with Crippen molar-refractivity contribution in [3.05, 3.63) is 22.6 Å². The van der Waals surface area contributed by atoms with Crippen LogP contribution in [0.3, 0.4) is 0 Å². The summed E-state index contributed by atoms with van der Waals surface area (Å²) in [6.45, 7) is 3.03. The molecule has 3 nitrogen and oxygen atoms in total. The molecule has 0 saturated carbocycles. The third kappa shape index (κ3) is 1.13. The van der Waals surface area contributed by atoms with Crippen molar-refractivity contribution in [1.29, 1.82) is 0 Å². The van der Waals surface area contributed by atoms with Crippen molar-refractivity contribution < 1.29 is 4.42 Å². The van der Waals surface area contributed by atoms with E-state index in [-0.39, 0.29) is 5.54 Å². The second-order valence-electron chi connectivity index (χ2n) is 4.07. The number of rotatable bonds is 0. The van der Waals surface area contributed by atoms with Crippen molar-refractivity contribution in [1.82, 2.24) is 10.6 Å². The summed E-state index contributed by atoms with van der Waals surface area (Å²) in [6, 6.07) is 1.97. The molecule has 0 bridgehead atoms. The molecule has 1 aromatic heterocycles. The maximum atomic E-state index is 5.90. The van der Waals surface area contributed by atoms with Gasteiger partial charge in [-0.2, -0.15) is 0 Å². The van der Waals surface area contributed by atoms with E-state index >= 15 is 0 Å². The molecule has 1 atom stereocenters. The summed E-state index contributed by atoms with van der Waals surface area (Å²) in [5, 5.41) is 7.49. The highest BCUT2D eigenvalue weighted by atomic mass is 35.5. The molecule has 0 aromatic carbocycles. The molecule has 1 aromatic rings. The predicted octanol–water partition coefficient (Wildman–Crippen LogP) is 1.27. The van der Waals surface area contributed by atoms with E-state index in [0.29, 0.717) is 5.22 Å². The number of halogens is 1. The van der Waals surface area contributed by atoms with E-state index < -0.39 is 0 Å². The first-order valence-corrected chi connectivity index (χ1v) is 5.42. The van der Waals surface area contributed by atoms with Crippen LogP contribution < -0.4 is 10.6 Å². The van der Waals surface area contributed by atoms with Crippen molar-refractivity contribution in [3.8, 4) is 0 Å². The number of fused-ring (bicyclic) bond motifs is 2. The van der Waals surface area contributed by atoms with Crippen LogP contribution in [-0.2, 0) is 12.0 Å². The Balaban J connectivity index is 2.09. The standard InChI is InChI=1S/C10H13ClN2O/c11-9-5-7-8(14-9)1-3-13-10(7)2-4-12-6-10/h5,12-13H,1-4,6H2. The maximum absolute atomic E-state index is 5.90. The summed E-state index contributed by atoms with van der Waals surface area (Å²) < 4.78 is 5.49. The molecule has 0 radical (unpaired) electrons. The van der Waals surface area contributed by atoms with Gasteiger partial charge in [0, 0.05) is 31.1 Å². The lowest BCUT2D eigenvalue weighted by atomic mass is 9.86. The molecule has 2 aliphatic heterocycles. The summed E-state index contributed by atoms with van der Waals surface area (Å²) in [7, 11) is 0. The first kappa shape index (κ1) is 8.77. The van der Waals surface area contributed by atoms with Crippen LogP contribution in [0.25, 0.3) is 0 Å². The molecule has 14 heavy (non-hydrogen) atoms. The van der Waals surface area contributed by atoms with Gasteiger partial charge in [-0.25, -0.2) is 0 Å². The van der Waals surface area contributed by atoms with Crippen LogP contribution in [0.1, 0.15) is 17.7 Å². The Morgan fingerprint density at radius 2 is 2.36 bits per heavy atom. The van der Waals surface area contributed by atoms with Gasteiger partial charge in [0.1, 0.15) is 5.76 Å². The summed E-state index contributed by atoms with van der Waals surface area (Å²) in [5.41, 5.74) is 1.35. The number of nitrogens with one attached hydrogen (secondary N) is 2. The Bertz CT molecular complexity index is 355. The second-order valence-corrected chi connectivity index (χ2v) is 4.45. The molecule has 2 aliphatic rings. The highest BCUT2D eigenvalue weighted by molar-refractivity contribution is 6.29. The van der Waals surface area contributed by atoms with Crippen LogP contribution in [0, 0.1) is 0 Å². The number of furan rings is 1. The van der Waals surface area contributed by atoms with Gasteiger partial charge in [-0.1, -0.05) is 0 Å². The summed E-state index contributed by atoms with van der Waals surface area (Å²) in [5.74, 6) is 1.07. The van der Waals surface area contributed by atoms with Crippen LogP contribution in [-0.4, -0.2) is 19.6 Å². The average molecular weight is 213 g/mol. The third-order valence-corrected chi connectivity index (χ3v) is 3.45. The van der Waals surface area contributed by atoms with Gasteiger partial charge in [0.25, 0.3) is 0 Å². The lowest BCUT2D eigenvalue weighted by molar-refractivity contribution is 0.324. The molecule has 76 valence electrons. The van der Waals surface area contributed by atoms with Crippen LogP contribution in [0.5, 0.6) is 0 Å². The quantitative estimate of drug-likeness (QED) is 0.680. The lowest BCUT2D eigenvalue weighted by Gasteiger charge is -2.33. The second kappa shape index (κ2) is 2.99. The molecule has 1 unspecified atom stereocenters. The third-order valence-electron chi connectivity index (χ3n) is 3.27. The van der Waals surface area contributed by atoms with E-state index in [1.165, 1.54) is 5.56 Å². The zero-order chi connectivity index (χ0) is 9.60. The molecule has 4 heteroatoms. The summed E-state index contributed by atoms with van der Waals surface area (Å²) >= 11 is 5.90. The van der Waals surface area contributed by atoms with E-state index in [9.17, 15) is 0 Å². The lowest BCUT2D eigenvalue weighted by Crippen LogP contribution is -2.48. The highest BCUT2D eigenvalue weighted by Crippen LogP contribution is 2.36. The van der Waals surface area contributed by atoms with Crippen LogP contribution in [0.2, 0.25) is 5.22 Å². The maximum Gasteiger partial charge on any atom is 0.193 e. The summed E-state index contributed by atoms with van der Waals surface area (Å²) in [6.07, 6.45) is 2.07. The van der Waals surface area contributed by atoms with Gasteiger partial charge in [-0.15, -0.1) is 0 Å². The Hall–Kier alpha value is -0.510.